The molecule has 0 radical (unpaired) electrons. The SMILES string of the molecule is CC1(CCCC(F)(F)F)CCNCC1. The Morgan fingerprint density at radius 2 is 1.79 bits per heavy atom. The molecule has 0 aromatic rings. The minimum Gasteiger partial charge on any atom is -0.317 e. The lowest BCUT2D eigenvalue weighted by atomic mass is 9.77. The minimum absolute atomic E-state index is 0.135. The van der Waals surface area contributed by atoms with E-state index in [0.717, 1.165) is 25.9 Å². The van der Waals surface area contributed by atoms with Gasteiger partial charge in [0.1, 0.15) is 0 Å². The van der Waals surface area contributed by atoms with Crippen molar-refractivity contribution in [1.29, 1.82) is 0 Å². The molecule has 84 valence electrons. The number of rotatable bonds is 3. The van der Waals surface area contributed by atoms with Crippen LogP contribution >= 0.6 is 0 Å². The number of piperidine rings is 1. The summed E-state index contributed by atoms with van der Waals surface area (Å²) in [5, 5.41) is 3.22. The van der Waals surface area contributed by atoms with Crippen LogP contribution in [0.15, 0.2) is 0 Å². The molecule has 1 aliphatic rings. The van der Waals surface area contributed by atoms with E-state index < -0.39 is 12.6 Å². The molecule has 1 saturated heterocycles. The summed E-state index contributed by atoms with van der Waals surface area (Å²) in [4.78, 5) is 0. The van der Waals surface area contributed by atoms with Gasteiger partial charge < -0.3 is 5.32 Å². The van der Waals surface area contributed by atoms with E-state index in [1.165, 1.54) is 0 Å². The summed E-state index contributed by atoms with van der Waals surface area (Å²) in [5.41, 5.74) is 0.135. The largest absolute Gasteiger partial charge is 0.389 e. The second-order valence-electron chi connectivity index (χ2n) is 4.53. The lowest BCUT2D eigenvalue weighted by Gasteiger charge is -2.34. The molecular formula is C10H18F3N. The van der Waals surface area contributed by atoms with Crippen molar-refractivity contribution in [2.24, 2.45) is 5.41 Å². The molecule has 0 aromatic heterocycles. The highest BCUT2D eigenvalue weighted by atomic mass is 19.4. The molecule has 4 heteroatoms. The van der Waals surface area contributed by atoms with Gasteiger partial charge in [-0.2, -0.15) is 13.2 Å². The maximum atomic E-state index is 11.9. The highest BCUT2D eigenvalue weighted by molar-refractivity contribution is 4.80. The van der Waals surface area contributed by atoms with Gasteiger partial charge >= 0.3 is 6.18 Å². The molecular weight excluding hydrogens is 191 g/mol. The van der Waals surface area contributed by atoms with E-state index in [4.69, 9.17) is 0 Å². The Kier molecular flexibility index (Phi) is 3.81. The van der Waals surface area contributed by atoms with Crippen molar-refractivity contribution in [1.82, 2.24) is 5.32 Å². The van der Waals surface area contributed by atoms with Crippen LogP contribution in [0.2, 0.25) is 0 Å². The Labute approximate surface area is 83.1 Å². The third-order valence-electron chi connectivity index (χ3n) is 3.05. The fraction of sp³-hybridized carbons (Fsp3) is 1.00. The van der Waals surface area contributed by atoms with Gasteiger partial charge in [-0.05, 0) is 44.2 Å². The zero-order valence-electron chi connectivity index (χ0n) is 8.58. The fourth-order valence-corrected chi connectivity index (χ4v) is 2.00. The van der Waals surface area contributed by atoms with Crippen LogP contribution in [-0.4, -0.2) is 19.3 Å². The van der Waals surface area contributed by atoms with Gasteiger partial charge in [0.05, 0.1) is 0 Å². The summed E-state index contributed by atoms with van der Waals surface area (Å²) in [6.07, 6.45) is -1.62. The third-order valence-corrected chi connectivity index (χ3v) is 3.05. The van der Waals surface area contributed by atoms with Gasteiger partial charge in [0.2, 0.25) is 0 Å². The van der Waals surface area contributed by atoms with Gasteiger partial charge in [-0.25, -0.2) is 0 Å². The lowest BCUT2D eigenvalue weighted by molar-refractivity contribution is -0.136. The van der Waals surface area contributed by atoms with Gasteiger partial charge in [-0.15, -0.1) is 0 Å². The zero-order chi connectivity index (χ0) is 10.7. The summed E-state index contributed by atoms with van der Waals surface area (Å²) in [6, 6.07) is 0. The Balaban J connectivity index is 2.22. The molecule has 0 amide bonds. The monoisotopic (exact) mass is 209 g/mol. The molecule has 1 fully saturated rings. The molecule has 1 N–H and O–H groups in total. The Hall–Kier alpha value is -0.250. The molecule has 0 unspecified atom stereocenters. The summed E-state index contributed by atoms with van der Waals surface area (Å²) < 4.78 is 35.8. The van der Waals surface area contributed by atoms with Gasteiger partial charge in [0, 0.05) is 6.42 Å². The van der Waals surface area contributed by atoms with Gasteiger partial charge in [-0.1, -0.05) is 6.92 Å². The van der Waals surface area contributed by atoms with E-state index in [2.05, 4.69) is 12.2 Å². The second kappa shape index (κ2) is 4.51. The first-order valence-electron chi connectivity index (χ1n) is 5.19. The van der Waals surface area contributed by atoms with Crippen LogP contribution in [0.3, 0.4) is 0 Å². The van der Waals surface area contributed by atoms with E-state index in [-0.39, 0.29) is 11.8 Å². The second-order valence-corrected chi connectivity index (χ2v) is 4.53. The number of halogens is 3. The first-order chi connectivity index (χ1) is 6.41. The minimum atomic E-state index is -3.98. The topological polar surface area (TPSA) is 12.0 Å². The van der Waals surface area contributed by atoms with Crippen LogP contribution in [0.25, 0.3) is 0 Å². The van der Waals surface area contributed by atoms with E-state index in [9.17, 15) is 13.2 Å². The van der Waals surface area contributed by atoms with Crippen LogP contribution in [0.5, 0.6) is 0 Å². The van der Waals surface area contributed by atoms with Gasteiger partial charge in [-0.3, -0.25) is 0 Å². The number of alkyl halides is 3. The molecule has 1 aliphatic heterocycles. The molecule has 1 rings (SSSR count). The maximum absolute atomic E-state index is 11.9. The first kappa shape index (κ1) is 11.8. The molecule has 1 heterocycles. The third kappa shape index (κ3) is 4.31. The Morgan fingerprint density at radius 1 is 1.21 bits per heavy atom. The lowest BCUT2D eigenvalue weighted by Crippen LogP contribution is -2.34. The molecule has 0 aliphatic carbocycles. The smallest absolute Gasteiger partial charge is 0.317 e. The average molecular weight is 209 g/mol. The van der Waals surface area contributed by atoms with Crippen molar-refractivity contribution in [3.63, 3.8) is 0 Å². The molecule has 14 heavy (non-hydrogen) atoms. The normalized spacial score (nSPS) is 22.3. The van der Waals surface area contributed by atoms with E-state index in [0.29, 0.717) is 6.42 Å². The predicted molar refractivity (Wildman–Crippen MR) is 50.1 cm³/mol. The number of nitrogens with one attached hydrogen (secondary N) is 1. The van der Waals surface area contributed by atoms with Crippen LogP contribution in [0.4, 0.5) is 13.2 Å². The van der Waals surface area contributed by atoms with Crippen molar-refractivity contribution >= 4 is 0 Å². The summed E-state index contributed by atoms with van der Waals surface area (Å²) >= 11 is 0. The molecule has 0 bridgehead atoms. The summed E-state index contributed by atoms with van der Waals surface area (Å²) in [5.74, 6) is 0. The standard InChI is InChI=1S/C10H18F3N/c1-9(5-7-14-8-6-9)3-2-4-10(11,12)13/h14H,2-8H2,1H3. The summed E-state index contributed by atoms with van der Waals surface area (Å²) in [7, 11) is 0. The molecule has 0 spiro atoms. The van der Waals surface area contributed by atoms with Crippen molar-refractivity contribution in [3.05, 3.63) is 0 Å². The highest BCUT2D eigenvalue weighted by Gasteiger charge is 2.30. The summed E-state index contributed by atoms with van der Waals surface area (Å²) in [6.45, 7) is 4.00. The molecule has 1 nitrogen and oxygen atoms in total. The van der Waals surface area contributed by atoms with Crippen molar-refractivity contribution in [2.45, 2.75) is 45.2 Å². The van der Waals surface area contributed by atoms with Gasteiger partial charge in [0.15, 0.2) is 0 Å². The number of hydrogen-bond donors (Lipinski definition) is 1. The predicted octanol–water partition coefficient (Wildman–Crippen LogP) is 3.11. The Morgan fingerprint density at radius 3 is 2.29 bits per heavy atom. The number of hydrogen-bond acceptors (Lipinski definition) is 1. The quantitative estimate of drug-likeness (QED) is 0.753. The van der Waals surface area contributed by atoms with Crippen LogP contribution in [0.1, 0.15) is 39.0 Å². The van der Waals surface area contributed by atoms with Crippen molar-refractivity contribution in [2.75, 3.05) is 13.1 Å². The maximum Gasteiger partial charge on any atom is 0.389 e. The van der Waals surface area contributed by atoms with Crippen molar-refractivity contribution < 1.29 is 13.2 Å². The molecule has 0 saturated carbocycles. The van der Waals surface area contributed by atoms with E-state index in [1.54, 1.807) is 0 Å². The molecule has 0 atom stereocenters. The van der Waals surface area contributed by atoms with E-state index >= 15 is 0 Å². The Bertz CT molecular complexity index is 171. The zero-order valence-corrected chi connectivity index (χ0v) is 8.58. The first-order valence-corrected chi connectivity index (χ1v) is 5.19. The fourth-order valence-electron chi connectivity index (χ4n) is 2.00. The van der Waals surface area contributed by atoms with Crippen LogP contribution < -0.4 is 5.32 Å². The van der Waals surface area contributed by atoms with Crippen LogP contribution in [0, 0.1) is 5.41 Å². The van der Waals surface area contributed by atoms with Crippen LogP contribution in [-0.2, 0) is 0 Å². The molecule has 0 aromatic carbocycles. The van der Waals surface area contributed by atoms with Gasteiger partial charge in [0.25, 0.3) is 0 Å². The van der Waals surface area contributed by atoms with E-state index in [1.807, 2.05) is 0 Å². The average Bonchev–Trinajstić information content (AvgIpc) is 2.02. The highest BCUT2D eigenvalue weighted by Crippen LogP contribution is 2.35. The van der Waals surface area contributed by atoms with Crippen molar-refractivity contribution in [3.8, 4) is 0 Å².